The molecule has 4 nitrogen and oxygen atoms in total. The van der Waals surface area contributed by atoms with Crippen LogP contribution in [0.3, 0.4) is 0 Å². The average Bonchev–Trinajstić information content (AvgIpc) is 2.80. The van der Waals surface area contributed by atoms with Crippen LogP contribution in [0, 0.1) is 5.82 Å². The number of halogens is 1. The number of benzene rings is 2. The predicted octanol–water partition coefficient (Wildman–Crippen LogP) is 2.86. The Morgan fingerprint density at radius 1 is 1.25 bits per heavy atom. The number of nitrogen functional groups attached to an aromatic ring is 1. The number of fused-ring (bicyclic) bond motifs is 1. The molecule has 0 aliphatic carbocycles. The summed E-state index contributed by atoms with van der Waals surface area (Å²) < 4.78 is 31.1. The molecule has 102 valence electrons. The summed E-state index contributed by atoms with van der Waals surface area (Å²) in [6.07, 6.45) is 0. The van der Waals surface area contributed by atoms with Gasteiger partial charge in [0.15, 0.2) is 5.58 Å². The second kappa shape index (κ2) is 5.05. The van der Waals surface area contributed by atoms with Crippen LogP contribution in [0.15, 0.2) is 51.8 Å². The Hall–Kier alpha value is -2.21. The van der Waals surface area contributed by atoms with Crippen molar-refractivity contribution in [2.45, 2.75) is 10.6 Å². The third kappa shape index (κ3) is 2.42. The van der Waals surface area contributed by atoms with Gasteiger partial charge in [0.1, 0.15) is 17.1 Å². The molecule has 1 heterocycles. The summed E-state index contributed by atoms with van der Waals surface area (Å²) in [5.41, 5.74) is 7.40. The fraction of sp³-hybridized carbons (Fsp3) is 0.0714. The van der Waals surface area contributed by atoms with Gasteiger partial charge in [-0.3, -0.25) is 4.21 Å². The van der Waals surface area contributed by atoms with E-state index < -0.39 is 16.6 Å². The molecule has 2 N–H and O–H groups in total. The SMILES string of the molecule is Nc1ccc2oc(CS(=O)c3ccccc3F)nc2c1. The highest BCUT2D eigenvalue weighted by Crippen LogP contribution is 2.21. The van der Waals surface area contributed by atoms with Gasteiger partial charge < -0.3 is 10.2 Å². The molecule has 0 aliphatic heterocycles. The van der Waals surface area contributed by atoms with Crippen LogP contribution in [0.5, 0.6) is 0 Å². The van der Waals surface area contributed by atoms with E-state index in [0.29, 0.717) is 22.7 Å². The van der Waals surface area contributed by atoms with Crippen molar-refractivity contribution in [2.24, 2.45) is 0 Å². The van der Waals surface area contributed by atoms with Crippen molar-refractivity contribution in [1.29, 1.82) is 0 Å². The van der Waals surface area contributed by atoms with Gasteiger partial charge in [-0.25, -0.2) is 9.37 Å². The zero-order valence-electron chi connectivity index (χ0n) is 10.4. The van der Waals surface area contributed by atoms with Gasteiger partial charge in [0.25, 0.3) is 0 Å². The molecule has 0 aliphatic rings. The summed E-state index contributed by atoms with van der Waals surface area (Å²) in [6, 6.07) is 11.0. The topological polar surface area (TPSA) is 69.1 Å². The van der Waals surface area contributed by atoms with Crippen LogP contribution < -0.4 is 5.73 Å². The van der Waals surface area contributed by atoms with E-state index in [0.717, 1.165) is 0 Å². The number of hydrogen-bond acceptors (Lipinski definition) is 4. The number of nitrogens with two attached hydrogens (primary N) is 1. The molecule has 20 heavy (non-hydrogen) atoms. The maximum atomic E-state index is 13.5. The lowest BCUT2D eigenvalue weighted by molar-refractivity contribution is 0.550. The van der Waals surface area contributed by atoms with Crippen LogP contribution >= 0.6 is 0 Å². The monoisotopic (exact) mass is 290 g/mol. The minimum atomic E-state index is -1.54. The van der Waals surface area contributed by atoms with Crippen molar-refractivity contribution in [2.75, 3.05) is 5.73 Å². The van der Waals surface area contributed by atoms with Gasteiger partial charge in [0.05, 0.1) is 15.7 Å². The van der Waals surface area contributed by atoms with Crippen molar-refractivity contribution in [3.05, 3.63) is 54.2 Å². The molecule has 0 bridgehead atoms. The molecule has 0 saturated carbocycles. The van der Waals surface area contributed by atoms with Gasteiger partial charge in [-0.15, -0.1) is 0 Å². The first kappa shape index (κ1) is 12.8. The number of hydrogen-bond donors (Lipinski definition) is 1. The number of rotatable bonds is 3. The highest BCUT2D eigenvalue weighted by molar-refractivity contribution is 7.84. The van der Waals surface area contributed by atoms with Crippen LogP contribution in [0.1, 0.15) is 5.89 Å². The Balaban J connectivity index is 1.89. The van der Waals surface area contributed by atoms with Crippen LogP contribution in [-0.4, -0.2) is 9.19 Å². The molecule has 1 atom stereocenters. The van der Waals surface area contributed by atoms with E-state index in [1.54, 1.807) is 30.3 Å². The van der Waals surface area contributed by atoms with Gasteiger partial charge in [0, 0.05) is 5.69 Å². The fourth-order valence-electron chi connectivity index (χ4n) is 1.87. The second-order valence-electron chi connectivity index (χ2n) is 4.26. The second-order valence-corrected chi connectivity index (χ2v) is 5.67. The van der Waals surface area contributed by atoms with Gasteiger partial charge in [-0.1, -0.05) is 12.1 Å². The number of nitrogens with zero attached hydrogens (tertiary/aromatic N) is 1. The van der Waals surface area contributed by atoms with E-state index in [9.17, 15) is 8.60 Å². The van der Waals surface area contributed by atoms with Crippen molar-refractivity contribution in [1.82, 2.24) is 4.98 Å². The van der Waals surface area contributed by atoms with Crippen LogP contribution in [-0.2, 0) is 16.6 Å². The first-order valence-corrected chi connectivity index (χ1v) is 7.23. The fourth-order valence-corrected chi connectivity index (χ4v) is 2.89. The van der Waals surface area contributed by atoms with E-state index in [4.69, 9.17) is 10.2 Å². The summed E-state index contributed by atoms with van der Waals surface area (Å²) in [6.45, 7) is 0. The normalized spacial score (nSPS) is 12.7. The summed E-state index contributed by atoms with van der Waals surface area (Å²) in [4.78, 5) is 4.35. The van der Waals surface area contributed by atoms with Crippen molar-refractivity contribution < 1.29 is 13.0 Å². The van der Waals surface area contributed by atoms with E-state index in [1.807, 2.05) is 0 Å². The highest BCUT2D eigenvalue weighted by Gasteiger charge is 2.14. The predicted molar refractivity (Wildman–Crippen MR) is 74.9 cm³/mol. The minimum Gasteiger partial charge on any atom is -0.440 e. The van der Waals surface area contributed by atoms with E-state index >= 15 is 0 Å². The van der Waals surface area contributed by atoms with Gasteiger partial charge >= 0.3 is 0 Å². The quantitative estimate of drug-likeness (QED) is 0.753. The van der Waals surface area contributed by atoms with Gasteiger partial charge in [-0.2, -0.15) is 0 Å². The summed E-state index contributed by atoms with van der Waals surface area (Å²) in [5, 5.41) is 0. The van der Waals surface area contributed by atoms with Crippen LogP contribution in [0.25, 0.3) is 11.1 Å². The molecule has 1 aromatic heterocycles. The third-order valence-electron chi connectivity index (χ3n) is 2.79. The molecule has 0 fully saturated rings. The Kier molecular flexibility index (Phi) is 3.23. The van der Waals surface area contributed by atoms with Gasteiger partial charge in [0.2, 0.25) is 5.89 Å². The lowest BCUT2D eigenvalue weighted by Crippen LogP contribution is -1.99. The Morgan fingerprint density at radius 3 is 2.85 bits per heavy atom. The van der Waals surface area contributed by atoms with Crippen molar-refractivity contribution in [3.8, 4) is 0 Å². The molecule has 3 rings (SSSR count). The largest absolute Gasteiger partial charge is 0.440 e. The zero-order chi connectivity index (χ0) is 14.1. The molecule has 1 unspecified atom stereocenters. The van der Waals surface area contributed by atoms with Crippen molar-refractivity contribution >= 4 is 27.6 Å². The van der Waals surface area contributed by atoms with E-state index in [1.165, 1.54) is 12.1 Å². The summed E-state index contributed by atoms with van der Waals surface area (Å²) in [5.74, 6) is -0.173. The number of anilines is 1. The lowest BCUT2D eigenvalue weighted by atomic mass is 10.3. The molecular weight excluding hydrogens is 279 g/mol. The summed E-state index contributed by atoms with van der Waals surface area (Å²) in [7, 11) is -1.54. The molecule has 0 saturated heterocycles. The average molecular weight is 290 g/mol. The molecule has 3 aromatic rings. The van der Waals surface area contributed by atoms with E-state index in [-0.39, 0.29) is 10.6 Å². The van der Waals surface area contributed by atoms with Crippen LogP contribution in [0.2, 0.25) is 0 Å². The number of oxazole rings is 1. The molecule has 2 aromatic carbocycles. The smallest absolute Gasteiger partial charge is 0.208 e. The molecule has 0 radical (unpaired) electrons. The third-order valence-corrected chi connectivity index (χ3v) is 4.12. The first-order chi connectivity index (χ1) is 9.63. The minimum absolute atomic E-state index is 0.0233. The Bertz CT molecular complexity index is 801. The highest BCUT2D eigenvalue weighted by atomic mass is 32.2. The molecule has 0 amide bonds. The number of aromatic nitrogens is 1. The Morgan fingerprint density at radius 2 is 2.05 bits per heavy atom. The van der Waals surface area contributed by atoms with Crippen molar-refractivity contribution in [3.63, 3.8) is 0 Å². The summed E-state index contributed by atoms with van der Waals surface area (Å²) >= 11 is 0. The maximum absolute atomic E-state index is 13.5. The van der Waals surface area contributed by atoms with E-state index in [2.05, 4.69) is 4.98 Å². The van der Waals surface area contributed by atoms with Crippen LogP contribution in [0.4, 0.5) is 10.1 Å². The first-order valence-electron chi connectivity index (χ1n) is 5.91. The lowest BCUT2D eigenvalue weighted by Gasteiger charge is -2.00. The Labute approximate surface area is 116 Å². The molecule has 0 spiro atoms. The molecule has 6 heteroatoms. The standard InChI is InChI=1S/C14H11FN2O2S/c15-10-3-1-2-4-13(10)20(18)8-14-17-11-7-9(16)5-6-12(11)19-14/h1-7H,8,16H2. The van der Waals surface area contributed by atoms with Gasteiger partial charge in [-0.05, 0) is 30.3 Å². The maximum Gasteiger partial charge on any atom is 0.208 e. The zero-order valence-corrected chi connectivity index (χ0v) is 11.2. The molecular formula is C14H11FN2O2S.